The minimum atomic E-state index is -3.58. The quantitative estimate of drug-likeness (QED) is 0.457. The van der Waals surface area contributed by atoms with E-state index in [4.69, 9.17) is 0 Å². The minimum Gasteiger partial charge on any atom is -0.361 e. The van der Waals surface area contributed by atoms with Crippen molar-refractivity contribution in [3.05, 3.63) is 83.9 Å². The SMILES string of the molecule is O=S(=O)(N1CCC2(CCCC2)CC1)N1Cc2ccccc2N(Cc2cnc[nH]2)[C@@H](CCc2ccccc2)C1. The van der Waals surface area contributed by atoms with Crippen LogP contribution in [0.3, 0.4) is 0 Å². The Morgan fingerprint density at radius 1 is 0.921 bits per heavy atom. The van der Waals surface area contributed by atoms with E-state index in [1.54, 1.807) is 14.9 Å². The summed E-state index contributed by atoms with van der Waals surface area (Å²) in [7, 11) is -3.58. The number of para-hydroxylation sites is 1. The van der Waals surface area contributed by atoms with Crippen LogP contribution in [0.5, 0.6) is 0 Å². The van der Waals surface area contributed by atoms with E-state index in [-0.39, 0.29) is 6.04 Å². The summed E-state index contributed by atoms with van der Waals surface area (Å²) in [5.41, 5.74) is 4.86. The van der Waals surface area contributed by atoms with Crippen molar-refractivity contribution in [2.24, 2.45) is 5.41 Å². The van der Waals surface area contributed by atoms with Gasteiger partial charge in [0.1, 0.15) is 0 Å². The average Bonchev–Trinajstić information content (AvgIpc) is 3.60. The Balaban J connectivity index is 1.29. The number of fused-ring (bicyclic) bond motifs is 1. The molecule has 6 rings (SSSR count). The second-order valence-electron chi connectivity index (χ2n) is 11.4. The maximum absolute atomic E-state index is 14.2. The van der Waals surface area contributed by atoms with Crippen LogP contribution < -0.4 is 4.90 Å². The van der Waals surface area contributed by atoms with Gasteiger partial charge in [0.25, 0.3) is 10.2 Å². The summed E-state index contributed by atoms with van der Waals surface area (Å²) in [4.78, 5) is 9.88. The number of piperidine rings is 1. The van der Waals surface area contributed by atoms with Crippen LogP contribution in [0, 0.1) is 5.41 Å². The van der Waals surface area contributed by atoms with Gasteiger partial charge < -0.3 is 9.88 Å². The Morgan fingerprint density at radius 2 is 1.66 bits per heavy atom. The molecule has 0 radical (unpaired) electrons. The van der Waals surface area contributed by atoms with Crippen LogP contribution in [-0.2, 0) is 29.7 Å². The summed E-state index contributed by atoms with van der Waals surface area (Å²) in [6, 6.07) is 18.8. The van der Waals surface area contributed by atoms with Crippen molar-refractivity contribution in [2.45, 2.75) is 70.5 Å². The zero-order valence-corrected chi connectivity index (χ0v) is 23.0. The van der Waals surface area contributed by atoms with Crippen molar-refractivity contribution in [3.63, 3.8) is 0 Å². The van der Waals surface area contributed by atoms with Gasteiger partial charge in [0.15, 0.2) is 0 Å². The van der Waals surface area contributed by atoms with E-state index >= 15 is 0 Å². The standard InChI is InChI=1S/C30H39N5O2S/c36-38(37,33-18-16-30(17-19-33)14-6-7-15-30)34-21-26-10-4-5-11-29(26)35(22-27-20-31-24-32-27)28(23-34)13-12-25-8-2-1-3-9-25/h1-5,8-11,20,24,28H,6-7,12-19,21-23H2,(H,31,32)/t28-/m0/s1. The molecule has 1 atom stereocenters. The molecule has 2 fully saturated rings. The lowest BCUT2D eigenvalue weighted by atomic mass is 9.78. The van der Waals surface area contributed by atoms with Gasteiger partial charge in [-0.1, -0.05) is 61.4 Å². The fourth-order valence-corrected chi connectivity index (χ4v) is 8.49. The summed E-state index contributed by atoms with van der Waals surface area (Å²) < 4.78 is 31.9. The van der Waals surface area contributed by atoms with Crippen molar-refractivity contribution in [3.8, 4) is 0 Å². The molecule has 0 amide bonds. The predicted molar refractivity (Wildman–Crippen MR) is 151 cm³/mol. The summed E-state index contributed by atoms with van der Waals surface area (Å²) >= 11 is 0. The zero-order valence-electron chi connectivity index (χ0n) is 22.1. The van der Waals surface area contributed by atoms with Crippen LogP contribution in [0.1, 0.15) is 61.8 Å². The van der Waals surface area contributed by atoms with Crippen molar-refractivity contribution in [1.29, 1.82) is 0 Å². The number of hydrogen-bond acceptors (Lipinski definition) is 4. The molecular formula is C30H39N5O2S. The second kappa shape index (κ2) is 10.8. The number of aryl methyl sites for hydroxylation is 1. The van der Waals surface area contributed by atoms with E-state index in [0.29, 0.717) is 38.1 Å². The molecule has 38 heavy (non-hydrogen) atoms. The van der Waals surface area contributed by atoms with Gasteiger partial charge in [-0.15, -0.1) is 0 Å². The highest BCUT2D eigenvalue weighted by Crippen LogP contribution is 2.46. The third-order valence-electron chi connectivity index (χ3n) is 9.11. The molecule has 2 aliphatic heterocycles. The maximum atomic E-state index is 14.2. The smallest absolute Gasteiger partial charge is 0.282 e. The molecule has 3 aliphatic rings. The largest absolute Gasteiger partial charge is 0.361 e. The first-order valence-corrected chi connectivity index (χ1v) is 15.5. The van der Waals surface area contributed by atoms with E-state index in [1.807, 2.05) is 18.3 Å². The van der Waals surface area contributed by atoms with Crippen molar-refractivity contribution >= 4 is 15.9 Å². The molecule has 3 heterocycles. The van der Waals surface area contributed by atoms with E-state index < -0.39 is 10.2 Å². The van der Waals surface area contributed by atoms with Gasteiger partial charge in [0.2, 0.25) is 0 Å². The number of imidazole rings is 1. The second-order valence-corrected chi connectivity index (χ2v) is 13.3. The fraction of sp³-hybridized carbons (Fsp3) is 0.500. The molecule has 2 aromatic carbocycles. The van der Waals surface area contributed by atoms with Gasteiger partial charge in [-0.05, 0) is 61.1 Å². The highest BCUT2D eigenvalue weighted by Gasteiger charge is 2.42. The third-order valence-corrected chi connectivity index (χ3v) is 11.1. The topological polar surface area (TPSA) is 72.5 Å². The third kappa shape index (κ3) is 5.26. The van der Waals surface area contributed by atoms with E-state index in [2.05, 4.69) is 57.3 Å². The summed E-state index contributed by atoms with van der Waals surface area (Å²) in [6.45, 7) is 2.83. The molecule has 1 saturated carbocycles. The lowest BCUT2D eigenvalue weighted by molar-refractivity contribution is 0.153. The fourth-order valence-electron chi connectivity index (χ4n) is 6.86. The van der Waals surface area contributed by atoms with Crippen LogP contribution in [-0.4, -0.2) is 52.7 Å². The molecule has 1 spiro atoms. The molecule has 8 heteroatoms. The van der Waals surface area contributed by atoms with Gasteiger partial charge in [0, 0.05) is 44.1 Å². The van der Waals surface area contributed by atoms with Gasteiger partial charge in [0.05, 0.1) is 18.6 Å². The lowest BCUT2D eigenvalue weighted by Gasteiger charge is -2.41. The molecule has 1 aliphatic carbocycles. The van der Waals surface area contributed by atoms with Crippen molar-refractivity contribution in [1.82, 2.24) is 18.6 Å². The minimum absolute atomic E-state index is 0.0305. The first-order valence-electron chi connectivity index (χ1n) is 14.1. The number of H-pyrrole nitrogens is 1. The number of benzene rings is 2. The van der Waals surface area contributed by atoms with Crippen molar-refractivity contribution in [2.75, 3.05) is 24.5 Å². The Kier molecular flexibility index (Phi) is 7.29. The Labute approximate surface area is 227 Å². The number of rotatable bonds is 7. The molecule has 1 saturated heterocycles. The normalized spacial score (nSPS) is 22.4. The lowest BCUT2D eigenvalue weighted by Crippen LogP contribution is -2.51. The molecule has 0 unspecified atom stereocenters. The Hall–Kier alpha value is -2.68. The predicted octanol–water partition coefficient (Wildman–Crippen LogP) is 5.13. The number of anilines is 1. The van der Waals surface area contributed by atoms with Crippen LogP contribution in [0.15, 0.2) is 67.1 Å². The van der Waals surface area contributed by atoms with E-state index in [1.165, 1.54) is 31.2 Å². The van der Waals surface area contributed by atoms with Gasteiger partial charge in [-0.3, -0.25) is 0 Å². The van der Waals surface area contributed by atoms with Crippen LogP contribution in [0.2, 0.25) is 0 Å². The summed E-state index contributed by atoms with van der Waals surface area (Å²) in [6.07, 6.45) is 12.5. The van der Waals surface area contributed by atoms with Gasteiger partial charge in [-0.2, -0.15) is 17.0 Å². The summed E-state index contributed by atoms with van der Waals surface area (Å²) in [5, 5.41) is 0. The number of aromatic nitrogens is 2. The van der Waals surface area contributed by atoms with E-state index in [9.17, 15) is 8.42 Å². The summed E-state index contributed by atoms with van der Waals surface area (Å²) in [5.74, 6) is 0. The highest BCUT2D eigenvalue weighted by atomic mass is 32.2. The molecule has 1 N–H and O–H groups in total. The first kappa shape index (κ1) is 25.6. The molecule has 1 aromatic heterocycles. The zero-order chi connectivity index (χ0) is 26.0. The Morgan fingerprint density at radius 3 is 2.39 bits per heavy atom. The van der Waals surface area contributed by atoms with Crippen molar-refractivity contribution < 1.29 is 8.42 Å². The van der Waals surface area contributed by atoms with Crippen LogP contribution >= 0.6 is 0 Å². The molecule has 202 valence electrons. The number of nitrogens with one attached hydrogen (secondary N) is 1. The Bertz CT molecular complexity index is 1300. The van der Waals surface area contributed by atoms with E-state index in [0.717, 1.165) is 42.6 Å². The molecule has 3 aromatic rings. The first-order chi connectivity index (χ1) is 18.5. The monoisotopic (exact) mass is 533 g/mol. The molecule has 0 bridgehead atoms. The maximum Gasteiger partial charge on any atom is 0.282 e. The van der Waals surface area contributed by atoms with Gasteiger partial charge >= 0.3 is 0 Å². The van der Waals surface area contributed by atoms with Crippen LogP contribution in [0.4, 0.5) is 5.69 Å². The van der Waals surface area contributed by atoms with Crippen LogP contribution in [0.25, 0.3) is 0 Å². The van der Waals surface area contributed by atoms with Gasteiger partial charge in [-0.25, -0.2) is 4.98 Å². The number of nitrogens with zero attached hydrogens (tertiary/aromatic N) is 4. The molecule has 7 nitrogen and oxygen atoms in total. The highest BCUT2D eigenvalue weighted by molar-refractivity contribution is 7.86. The number of aromatic amines is 1. The average molecular weight is 534 g/mol. The number of hydrogen-bond donors (Lipinski definition) is 1. The molecular weight excluding hydrogens is 494 g/mol.